The number of nitrogens with one attached hydrogen (secondary N) is 1. The zero-order valence-electron chi connectivity index (χ0n) is 12.2. The molecule has 1 aromatic carbocycles. The van der Waals surface area contributed by atoms with Crippen molar-refractivity contribution in [2.45, 2.75) is 19.3 Å². The van der Waals surface area contributed by atoms with E-state index in [9.17, 15) is 9.59 Å². The number of carbonyl (C=O) groups excluding carboxylic acids is 2. The van der Waals surface area contributed by atoms with Gasteiger partial charge in [0.2, 0.25) is 11.8 Å². The van der Waals surface area contributed by atoms with Crippen molar-refractivity contribution in [1.82, 2.24) is 10.3 Å². The van der Waals surface area contributed by atoms with Crippen LogP contribution in [0.5, 0.6) is 0 Å². The molecule has 5 nitrogen and oxygen atoms in total. The number of para-hydroxylation sites is 1. The van der Waals surface area contributed by atoms with Gasteiger partial charge in [-0.05, 0) is 31.0 Å². The molecule has 22 heavy (non-hydrogen) atoms. The Hall–Kier alpha value is -2.43. The normalized spacial score (nSPS) is 25.0. The number of anilines is 1. The summed E-state index contributed by atoms with van der Waals surface area (Å²) in [6.45, 7) is 1.43. The van der Waals surface area contributed by atoms with E-state index in [1.807, 2.05) is 30.3 Å². The summed E-state index contributed by atoms with van der Waals surface area (Å²) in [6, 6.07) is 12.1. The highest BCUT2D eigenvalue weighted by atomic mass is 16.2. The third-order valence-corrected chi connectivity index (χ3v) is 4.83. The molecule has 1 atom stereocenters. The zero-order valence-corrected chi connectivity index (χ0v) is 12.2. The standard InChI is InChI=1S/C17H17N3O2/c21-15-7-8-17(16(22)19-15)9-10-20(11-17)14-6-5-12-3-1-2-4-13(12)18-14/h1-6H,7-11H2,(H,19,21,22). The summed E-state index contributed by atoms with van der Waals surface area (Å²) in [5, 5.41) is 3.60. The number of carbonyl (C=O) groups is 2. The van der Waals surface area contributed by atoms with E-state index in [1.165, 1.54) is 0 Å². The second-order valence-corrected chi connectivity index (χ2v) is 6.19. The lowest BCUT2D eigenvalue weighted by molar-refractivity contribution is -0.140. The average molecular weight is 295 g/mol. The van der Waals surface area contributed by atoms with Gasteiger partial charge in [0.25, 0.3) is 0 Å². The van der Waals surface area contributed by atoms with Crippen molar-refractivity contribution in [3.63, 3.8) is 0 Å². The molecule has 1 spiro atoms. The Kier molecular flexibility index (Phi) is 2.89. The fraction of sp³-hybridized carbons (Fsp3) is 0.353. The second kappa shape index (κ2) is 4.80. The molecular formula is C17H17N3O2. The van der Waals surface area contributed by atoms with Crippen LogP contribution in [0.2, 0.25) is 0 Å². The van der Waals surface area contributed by atoms with Crippen molar-refractivity contribution >= 4 is 28.5 Å². The number of piperidine rings is 1. The first-order valence-electron chi connectivity index (χ1n) is 7.61. The molecule has 0 bridgehead atoms. The van der Waals surface area contributed by atoms with E-state index in [2.05, 4.69) is 16.3 Å². The number of aromatic nitrogens is 1. The van der Waals surface area contributed by atoms with Crippen molar-refractivity contribution in [1.29, 1.82) is 0 Å². The Labute approximate surface area is 128 Å². The molecule has 2 aromatic rings. The third-order valence-electron chi connectivity index (χ3n) is 4.83. The van der Waals surface area contributed by atoms with Gasteiger partial charge >= 0.3 is 0 Å². The van der Waals surface area contributed by atoms with Crippen molar-refractivity contribution in [3.05, 3.63) is 36.4 Å². The number of fused-ring (bicyclic) bond motifs is 1. The van der Waals surface area contributed by atoms with E-state index in [0.29, 0.717) is 19.4 Å². The van der Waals surface area contributed by atoms with E-state index in [-0.39, 0.29) is 11.8 Å². The van der Waals surface area contributed by atoms with Crippen molar-refractivity contribution < 1.29 is 9.59 Å². The molecule has 0 aliphatic carbocycles. The molecule has 1 unspecified atom stereocenters. The van der Waals surface area contributed by atoms with Crippen LogP contribution < -0.4 is 10.2 Å². The predicted octanol–water partition coefficient (Wildman–Crippen LogP) is 1.87. The maximum Gasteiger partial charge on any atom is 0.234 e. The minimum Gasteiger partial charge on any atom is -0.355 e. The van der Waals surface area contributed by atoms with E-state index in [4.69, 9.17) is 4.98 Å². The van der Waals surface area contributed by atoms with Crippen LogP contribution in [-0.4, -0.2) is 29.9 Å². The first-order chi connectivity index (χ1) is 10.7. The van der Waals surface area contributed by atoms with Gasteiger partial charge in [-0.15, -0.1) is 0 Å². The number of hydrogen-bond donors (Lipinski definition) is 1. The second-order valence-electron chi connectivity index (χ2n) is 6.19. The summed E-state index contributed by atoms with van der Waals surface area (Å²) in [6.07, 6.45) is 1.85. The molecule has 2 saturated heterocycles. The summed E-state index contributed by atoms with van der Waals surface area (Å²) in [4.78, 5) is 30.4. The minimum atomic E-state index is -0.429. The molecule has 112 valence electrons. The van der Waals surface area contributed by atoms with Crippen LogP contribution >= 0.6 is 0 Å². The van der Waals surface area contributed by atoms with Crippen LogP contribution in [-0.2, 0) is 9.59 Å². The van der Waals surface area contributed by atoms with Gasteiger partial charge in [-0.25, -0.2) is 4.98 Å². The minimum absolute atomic E-state index is 0.118. The Bertz CT molecular complexity index is 773. The number of nitrogens with zero attached hydrogens (tertiary/aromatic N) is 2. The molecule has 2 fully saturated rings. The van der Waals surface area contributed by atoms with E-state index in [1.54, 1.807) is 0 Å². The third kappa shape index (κ3) is 2.04. The SMILES string of the molecule is O=C1CCC2(CCN(c3ccc4ccccc4n3)C2)C(=O)N1. The molecule has 2 aliphatic rings. The van der Waals surface area contributed by atoms with E-state index < -0.39 is 5.41 Å². The summed E-state index contributed by atoms with van der Waals surface area (Å²) < 4.78 is 0. The highest BCUT2D eigenvalue weighted by Crippen LogP contribution is 2.39. The number of amides is 2. The van der Waals surface area contributed by atoms with Gasteiger partial charge < -0.3 is 4.90 Å². The smallest absolute Gasteiger partial charge is 0.234 e. The number of rotatable bonds is 1. The van der Waals surface area contributed by atoms with Crippen molar-refractivity contribution in [2.24, 2.45) is 5.41 Å². The van der Waals surface area contributed by atoms with Crippen LogP contribution in [0.3, 0.4) is 0 Å². The van der Waals surface area contributed by atoms with Gasteiger partial charge in [0, 0.05) is 24.9 Å². The van der Waals surface area contributed by atoms with Gasteiger partial charge in [-0.2, -0.15) is 0 Å². The van der Waals surface area contributed by atoms with E-state index >= 15 is 0 Å². The molecule has 4 rings (SSSR count). The molecule has 0 saturated carbocycles. The lowest BCUT2D eigenvalue weighted by atomic mass is 9.79. The molecule has 5 heteroatoms. The number of benzene rings is 1. The van der Waals surface area contributed by atoms with Gasteiger partial charge in [-0.1, -0.05) is 18.2 Å². The zero-order chi connectivity index (χ0) is 15.2. The molecular weight excluding hydrogens is 278 g/mol. The predicted molar refractivity (Wildman–Crippen MR) is 83.4 cm³/mol. The van der Waals surface area contributed by atoms with Gasteiger partial charge in [0.1, 0.15) is 5.82 Å². The average Bonchev–Trinajstić information content (AvgIpc) is 2.97. The van der Waals surface area contributed by atoms with Gasteiger partial charge in [0.15, 0.2) is 0 Å². The number of pyridine rings is 1. The highest BCUT2D eigenvalue weighted by molar-refractivity contribution is 6.01. The van der Waals surface area contributed by atoms with Crippen molar-refractivity contribution in [2.75, 3.05) is 18.0 Å². The molecule has 2 amide bonds. The maximum atomic E-state index is 12.2. The van der Waals surface area contributed by atoms with Crippen LogP contribution in [0.15, 0.2) is 36.4 Å². The molecule has 1 aromatic heterocycles. The summed E-state index contributed by atoms with van der Waals surface area (Å²) in [5.74, 6) is 0.630. The topological polar surface area (TPSA) is 62.3 Å². The molecule has 1 N–H and O–H groups in total. The fourth-order valence-electron chi connectivity index (χ4n) is 3.48. The lowest BCUT2D eigenvalue weighted by Crippen LogP contribution is -2.50. The monoisotopic (exact) mass is 295 g/mol. The molecule has 3 heterocycles. The summed E-state index contributed by atoms with van der Waals surface area (Å²) in [7, 11) is 0. The fourth-order valence-corrected chi connectivity index (χ4v) is 3.48. The Morgan fingerprint density at radius 3 is 2.82 bits per heavy atom. The summed E-state index contributed by atoms with van der Waals surface area (Å²) in [5.41, 5.74) is 0.533. The molecule has 2 aliphatic heterocycles. The maximum absolute atomic E-state index is 12.2. The molecule has 0 radical (unpaired) electrons. The van der Waals surface area contributed by atoms with Gasteiger partial charge in [0.05, 0.1) is 10.9 Å². The number of imide groups is 1. The number of hydrogen-bond acceptors (Lipinski definition) is 4. The van der Waals surface area contributed by atoms with Crippen LogP contribution in [0.25, 0.3) is 10.9 Å². The van der Waals surface area contributed by atoms with Crippen LogP contribution in [0.1, 0.15) is 19.3 Å². The van der Waals surface area contributed by atoms with Gasteiger partial charge in [-0.3, -0.25) is 14.9 Å². The first kappa shape index (κ1) is 13.2. The Morgan fingerprint density at radius 2 is 1.95 bits per heavy atom. The van der Waals surface area contributed by atoms with Crippen LogP contribution in [0.4, 0.5) is 5.82 Å². The first-order valence-corrected chi connectivity index (χ1v) is 7.61. The highest BCUT2D eigenvalue weighted by Gasteiger charge is 2.47. The Balaban J connectivity index is 1.61. The Morgan fingerprint density at radius 1 is 1.09 bits per heavy atom. The van der Waals surface area contributed by atoms with Crippen LogP contribution in [0, 0.1) is 5.41 Å². The quantitative estimate of drug-likeness (QED) is 0.816. The lowest BCUT2D eigenvalue weighted by Gasteiger charge is -2.31. The van der Waals surface area contributed by atoms with Crippen molar-refractivity contribution in [3.8, 4) is 0 Å². The van der Waals surface area contributed by atoms with E-state index in [0.717, 1.165) is 29.7 Å². The largest absolute Gasteiger partial charge is 0.355 e. The summed E-state index contributed by atoms with van der Waals surface area (Å²) >= 11 is 0.